The lowest BCUT2D eigenvalue weighted by Gasteiger charge is -2.34. The average molecular weight is 349 g/mol. The van der Waals surface area contributed by atoms with Gasteiger partial charge in [-0.15, -0.1) is 0 Å². The molecule has 3 rings (SSSR count). The van der Waals surface area contributed by atoms with E-state index >= 15 is 0 Å². The Morgan fingerprint density at radius 3 is 2.56 bits per heavy atom. The van der Waals surface area contributed by atoms with Crippen LogP contribution in [0.4, 0.5) is 0 Å². The third-order valence-corrected chi connectivity index (χ3v) is 5.30. The number of rotatable bonds is 5. The largest absolute Gasteiger partial charge is 0.497 e. The first-order chi connectivity index (χ1) is 12.2. The Kier molecular flexibility index (Phi) is 6.15. The number of quaternary nitrogens is 1. The first-order valence-electron chi connectivity index (χ1n) is 9.12. The third kappa shape index (κ3) is 4.44. The number of ether oxygens (including phenoxy) is 3. The predicted molar refractivity (Wildman–Crippen MR) is 94.1 cm³/mol. The Morgan fingerprint density at radius 2 is 1.92 bits per heavy atom. The number of hydrogen-bond acceptors (Lipinski definition) is 4. The maximum absolute atomic E-state index is 12.6. The van der Waals surface area contributed by atoms with Crippen LogP contribution in [0.2, 0.25) is 0 Å². The summed E-state index contributed by atoms with van der Waals surface area (Å²) in [5, 5.41) is 0. The smallest absolute Gasteiger partial charge is 0.226 e. The number of likely N-dealkylation sites (tertiary alicyclic amines) is 1. The number of benzene rings is 1. The fourth-order valence-electron chi connectivity index (χ4n) is 3.76. The molecule has 1 N–H and O–H groups in total. The van der Waals surface area contributed by atoms with Crippen molar-refractivity contribution in [3.63, 3.8) is 0 Å². The van der Waals surface area contributed by atoms with Crippen molar-refractivity contribution in [3.8, 4) is 11.5 Å². The fourth-order valence-corrected chi connectivity index (χ4v) is 3.76. The number of carbonyl (C=O) groups excluding carboxylic acids is 1. The summed E-state index contributed by atoms with van der Waals surface area (Å²) < 4.78 is 16.1. The summed E-state index contributed by atoms with van der Waals surface area (Å²) in [7, 11) is 3.36. The van der Waals surface area contributed by atoms with Gasteiger partial charge in [0.25, 0.3) is 0 Å². The van der Waals surface area contributed by atoms with Gasteiger partial charge in [-0.25, -0.2) is 0 Å². The van der Waals surface area contributed by atoms with E-state index in [-0.39, 0.29) is 5.92 Å². The zero-order valence-electron chi connectivity index (χ0n) is 15.3. The van der Waals surface area contributed by atoms with E-state index in [1.807, 2.05) is 17.0 Å². The Morgan fingerprint density at radius 1 is 1.20 bits per heavy atom. The van der Waals surface area contributed by atoms with E-state index in [4.69, 9.17) is 14.2 Å². The summed E-state index contributed by atoms with van der Waals surface area (Å²) in [6.07, 6.45) is 1.92. The number of nitrogens with one attached hydrogen (secondary N) is 1. The molecule has 0 atom stereocenters. The molecule has 1 aromatic carbocycles. The monoisotopic (exact) mass is 349 g/mol. The quantitative estimate of drug-likeness (QED) is 0.834. The van der Waals surface area contributed by atoms with Crippen LogP contribution in [0.1, 0.15) is 18.4 Å². The van der Waals surface area contributed by atoms with Crippen LogP contribution >= 0.6 is 0 Å². The highest BCUT2D eigenvalue weighted by Gasteiger charge is 2.31. The van der Waals surface area contributed by atoms with E-state index in [9.17, 15) is 4.79 Å². The molecule has 2 fully saturated rings. The minimum Gasteiger partial charge on any atom is -0.497 e. The number of nitrogens with zero attached hydrogens (tertiary/aromatic N) is 1. The SMILES string of the molecule is COc1ccc(C[NH+]2CCC(C(=O)N3CCOCC3)CC2)c(OC)c1. The van der Waals surface area contributed by atoms with Crippen LogP contribution in [0.5, 0.6) is 11.5 Å². The van der Waals surface area contributed by atoms with E-state index in [0.29, 0.717) is 19.1 Å². The maximum Gasteiger partial charge on any atom is 0.226 e. The minimum absolute atomic E-state index is 0.180. The molecule has 138 valence electrons. The van der Waals surface area contributed by atoms with Crippen LogP contribution < -0.4 is 14.4 Å². The molecule has 6 nitrogen and oxygen atoms in total. The van der Waals surface area contributed by atoms with Crippen molar-refractivity contribution in [3.05, 3.63) is 23.8 Å². The van der Waals surface area contributed by atoms with Gasteiger partial charge in [-0.05, 0) is 12.1 Å². The van der Waals surface area contributed by atoms with Crippen LogP contribution in [-0.4, -0.2) is 64.4 Å². The van der Waals surface area contributed by atoms with Crippen molar-refractivity contribution < 1.29 is 23.9 Å². The molecule has 2 aliphatic heterocycles. The van der Waals surface area contributed by atoms with E-state index in [2.05, 4.69) is 6.07 Å². The zero-order chi connectivity index (χ0) is 17.6. The Labute approximate surface area is 149 Å². The number of hydrogen-bond donors (Lipinski definition) is 1. The van der Waals surface area contributed by atoms with Crippen molar-refractivity contribution in [1.29, 1.82) is 0 Å². The lowest BCUT2D eigenvalue weighted by Crippen LogP contribution is -3.11. The van der Waals surface area contributed by atoms with Gasteiger partial charge in [-0.1, -0.05) is 0 Å². The van der Waals surface area contributed by atoms with Crippen LogP contribution in [0.25, 0.3) is 0 Å². The molecule has 0 aliphatic carbocycles. The summed E-state index contributed by atoms with van der Waals surface area (Å²) in [6.45, 7) is 5.81. The summed E-state index contributed by atoms with van der Waals surface area (Å²) in [5.41, 5.74) is 1.19. The molecule has 0 unspecified atom stereocenters. The van der Waals surface area contributed by atoms with Crippen molar-refractivity contribution in [2.75, 3.05) is 53.6 Å². The van der Waals surface area contributed by atoms with Gasteiger partial charge < -0.3 is 24.0 Å². The molecule has 0 aromatic heterocycles. The Hall–Kier alpha value is -1.79. The maximum atomic E-state index is 12.6. The summed E-state index contributed by atoms with van der Waals surface area (Å²) >= 11 is 0. The van der Waals surface area contributed by atoms with Crippen molar-refractivity contribution in [1.82, 2.24) is 4.90 Å². The number of amides is 1. The molecule has 0 spiro atoms. The predicted octanol–water partition coefficient (Wildman–Crippen LogP) is 0.358. The van der Waals surface area contributed by atoms with E-state index in [1.165, 1.54) is 10.5 Å². The van der Waals surface area contributed by atoms with Gasteiger partial charge in [-0.3, -0.25) is 4.79 Å². The van der Waals surface area contributed by atoms with Gasteiger partial charge in [-0.2, -0.15) is 0 Å². The van der Waals surface area contributed by atoms with E-state index in [0.717, 1.165) is 57.1 Å². The van der Waals surface area contributed by atoms with Crippen LogP contribution in [0.3, 0.4) is 0 Å². The number of methoxy groups -OCH3 is 2. The topological polar surface area (TPSA) is 52.4 Å². The number of piperidine rings is 1. The Balaban J connectivity index is 1.53. The van der Waals surface area contributed by atoms with Gasteiger partial charge >= 0.3 is 0 Å². The van der Waals surface area contributed by atoms with Crippen LogP contribution in [0, 0.1) is 5.92 Å². The second kappa shape index (κ2) is 8.54. The highest BCUT2D eigenvalue weighted by atomic mass is 16.5. The molecule has 25 heavy (non-hydrogen) atoms. The summed E-state index contributed by atoms with van der Waals surface area (Å²) in [4.78, 5) is 16.1. The fraction of sp³-hybridized carbons (Fsp3) is 0.632. The average Bonchev–Trinajstić information content (AvgIpc) is 2.69. The van der Waals surface area contributed by atoms with Gasteiger partial charge in [0, 0.05) is 43.5 Å². The van der Waals surface area contributed by atoms with Crippen molar-refractivity contribution in [2.24, 2.45) is 5.92 Å². The zero-order valence-corrected chi connectivity index (χ0v) is 15.3. The standard InChI is InChI=1S/C19H28N2O4/c1-23-17-4-3-16(18(13-17)24-2)14-20-7-5-15(6-8-20)19(22)21-9-11-25-12-10-21/h3-4,13,15H,5-12,14H2,1-2H3/p+1. The molecule has 0 saturated carbocycles. The third-order valence-electron chi connectivity index (χ3n) is 5.30. The lowest BCUT2D eigenvalue weighted by molar-refractivity contribution is -0.919. The molecular formula is C19H29N2O4+. The second-order valence-electron chi connectivity index (χ2n) is 6.82. The van der Waals surface area contributed by atoms with Crippen molar-refractivity contribution >= 4 is 5.91 Å². The summed E-state index contributed by atoms with van der Waals surface area (Å²) in [6, 6.07) is 5.99. The van der Waals surface area contributed by atoms with Crippen molar-refractivity contribution in [2.45, 2.75) is 19.4 Å². The number of morpholine rings is 1. The molecule has 6 heteroatoms. The van der Waals surface area contributed by atoms with Gasteiger partial charge in [0.05, 0.1) is 40.5 Å². The number of carbonyl (C=O) groups is 1. The van der Waals surface area contributed by atoms with Gasteiger partial charge in [0.15, 0.2) is 0 Å². The molecule has 2 heterocycles. The molecule has 1 aromatic rings. The lowest BCUT2D eigenvalue weighted by atomic mass is 9.94. The second-order valence-corrected chi connectivity index (χ2v) is 6.82. The first-order valence-corrected chi connectivity index (χ1v) is 9.12. The van der Waals surface area contributed by atoms with Gasteiger partial charge in [0.1, 0.15) is 18.0 Å². The first kappa shape index (κ1) is 18.0. The molecule has 0 bridgehead atoms. The highest BCUT2D eigenvalue weighted by Crippen LogP contribution is 2.24. The highest BCUT2D eigenvalue weighted by molar-refractivity contribution is 5.79. The summed E-state index contributed by atoms with van der Waals surface area (Å²) in [5.74, 6) is 2.19. The minimum atomic E-state index is 0.180. The molecule has 1 amide bonds. The molecular weight excluding hydrogens is 320 g/mol. The van der Waals surface area contributed by atoms with E-state index < -0.39 is 0 Å². The van der Waals surface area contributed by atoms with E-state index in [1.54, 1.807) is 14.2 Å². The Bertz CT molecular complexity index is 579. The molecule has 0 radical (unpaired) electrons. The molecule has 2 aliphatic rings. The normalized spacial score (nSPS) is 24.0. The molecule has 2 saturated heterocycles. The van der Waals surface area contributed by atoms with Crippen LogP contribution in [-0.2, 0) is 16.1 Å². The van der Waals surface area contributed by atoms with Crippen LogP contribution in [0.15, 0.2) is 18.2 Å². The van der Waals surface area contributed by atoms with Gasteiger partial charge in [0.2, 0.25) is 5.91 Å².